The molecule has 0 aromatic heterocycles. The van der Waals surface area contributed by atoms with Crippen LogP contribution in [0.1, 0.15) is 30.9 Å². The van der Waals surface area contributed by atoms with Crippen LogP contribution in [-0.4, -0.2) is 0 Å². The fourth-order valence-corrected chi connectivity index (χ4v) is 2.42. The molecule has 0 bridgehead atoms. The van der Waals surface area contributed by atoms with Gasteiger partial charge in [-0.1, -0.05) is 78.9 Å². The van der Waals surface area contributed by atoms with E-state index in [1.807, 2.05) is 0 Å². The topological polar surface area (TPSA) is 0 Å². The van der Waals surface area contributed by atoms with Gasteiger partial charge in [0.1, 0.15) is 0 Å². The summed E-state index contributed by atoms with van der Waals surface area (Å²) in [6.07, 6.45) is 6.50. The molecule has 19 heavy (non-hydrogen) atoms. The molecule has 2 aromatic carbocycles. The zero-order valence-corrected chi connectivity index (χ0v) is 11.6. The molecule has 0 amide bonds. The van der Waals surface area contributed by atoms with Crippen molar-refractivity contribution in [1.82, 2.24) is 0 Å². The summed E-state index contributed by atoms with van der Waals surface area (Å²) in [4.78, 5) is 0. The molecule has 96 valence electrons. The third kappa shape index (κ3) is 3.23. The zero-order chi connectivity index (χ0) is 13.5. The molecule has 0 fully saturated rings. The number of rotatable bonds is 4. The lowest BCUT2D eigenvalue weighted by Gasteiger charge is -2.19. The largest absolute Gasteiger partial charge is 0.0874 e. The van der Waals surface area contributed by atoms with Crippen molar-refractivity contribution in [2.45, 2.75) is 19.8 Å². The van der Waals surface area contributed by atoms with Gasteiger partial charge in [-0.15, -0.1) is 0 Å². The molecule has 0 atom stereocenters. The minimum Gasteiger partial charge on any atom is -0.0874 e. The van der Waals surface area contributed by atoms with Crippen LogP contribution in [0, 0.1) is 0 Å². The second kappa shape index (κ2) is 6.75. The fourth-order valence-electron chi connectivity index (χ4n) is 2.42. The third-order valence-corrected chi connectivity index (χ3v) is 3.29. The van der Waals surface area contributed by atoms with Gasteiger partial charge in [-0.2, -0.15) is 0 Å². The SMILES string of the molecule is CC=CC(=CC)C(c1ccccc1)c1ccccc1. The van der Waals surface area contributed by atoms with Crippen LogP contribution in [0.2, 0.25) is 0 Å². The van der Waals surface area contributed by atoms with Crippen molar-refractivity contribution in [3.05, 3.63) is 95.6 Å². The van der Waals surface area contributed by atoms with Gasteiger partial charge in [0, 0.05) is 5.92 Å². The van der Waals surface area contributed by atoms with E-state index in [0.717, 1.165) is 0 Å². The van der Waals surface area contributed by atoms with Gasteiger partial charge < -0.3 is 0 Å². The Bertz CT molecular complexity index is 508. The maximum absolute atomic E-state index is 2.20. The van der Waals surface area contributed by atoms with Gasteiger partial charge in [0.2, 0.25) is 0 Å². The molecule has 0 heterocycles. The Morgan fingerprint density at radius 1 is 0.789 bits per heavy atom. The van der Waals surface area contributed by atoms with Gasteiger partial charge in [0.05, 0.1) is 0 Å². The fraction of sp³-hybridized carbons (Fsp3) is 0.158. The monoisotopic (exact) mass is 248 g/mol. The third-order valence-electron chi connectivity index (χ3n) is 3.29. The number of benzene rings is 2. The number of allylic oxidation sites excluding steroid dienone is 4. The van der Waals surface area contributed by atoms with E-state index >= 15 is 0 Å². The second-order valence-electron chi connectivity index (χ2n) is 4.54. The maximum Gasteiger partial charge on any atom is 0.0336 e. The maximum atomic E-state index is 2.20. The second-order valence-corrected chi connectivity index (χ2v) is 4.54. The van der Waals surface area contributed by atoms with E-state index in [2.05, 4.69) is 92.7 Å². The molecule has 0 heteroatoms. The average Bonchev–Trinajstić information content (AvgIpc) is 2.49. The molecule has 0 saturated heterocycles. The van der Waals surface area contributed by atoms with Crippen LogP contribution in [-0.2, 0) is 0 Å². The lowest BCUT2D eigenvalue weighted by atomic mass is 9.84. The smallest absolute Gasteiger partial charge is 0.0336 e. The standard InChI is InChI=1S/C19H20/c1-3-11-16(4-2)19(17-12-7-5-8-13-17)18-14-9-6-10-15-18/h3-15,19H,1-2H3. The molecule has 0 saturated carbocycles. The molecule has 0 aliphatic carbocycles. The number of hydrogen-bond acceptors (Lipinski definition) is 0. The molecule has 0 nitrogen and oxygen atoms in total. The van der Waals surface area contributed by atoms with Crippen LogP contribution in [0.5, 0.6) is 0 Å². The summed E-state index contributed by atoms with van der Waals surface area (Å²) >= 11 is 0. The molecule has 2 aromatic rings. The van der Waals surface area contributed by atoms with Gasteiger partial charge in [0.15, 0.2) is 0 Å². The zero-order valence-electron chi connectivity index (χ0n) is 11.6. The first-order valence-electron chi connectivity index (χ1n) is 6.75. The van der Waals surface area contributed by atoms with Crippen molar-refractivity contribution in [2.75, 3.05) is 0 Å². The Kier molecular flexibility index (Phi) is 4.74. The van der Waals surface area contributed by atoms with Gasteiger partial charge in [-0.3, -0.25) is 0 Å². The van der Waals surface area contributed by atoms with E-state index in [1.54, 1.807) is 0 Å². The van der Waals surface area contributed by atoms with E-state index < -0.39 is 0 Å². The molecule has 0 unspecified atom stereocenters. The van der Waals surface area contributed by atoms with Crippen LogP contribution in [0.25, 0.3) is 0 Å². The van der Waals surface area contributed by atoms with Crippen molar-refractivity contribution in [3.63, 3.8) is 0 Å². The minimum absolute atomic E-state index is 0.309. The van der Waals surface area contributed by atoms with Crippen molar-refractivity contribution in [2.24, 2.45) is 0 Å². The van der Waals surface area contributed by atoms with Crippen LogP contribution in [0.3, 0.4) is 0 Å². The quantitative estimate of drug-likeness (QED) is 0.640. The lowest BCUT2D eigenvalue weighted by molar-refractivity contribution is 0.973. The molecule has 2 rings (SSSR count). The van der Waals surface area contributed by atoms with E-state index in [1.165, 1.54) is 16.7 Å². The highest BCUT2D eigenvalue weighted by molar-refractivity contribution is 5.44. The van der Waals surface area contributed by atoms with Crippen LogP contribution < -0.4 is 0 Å². The molecule has 0 radical (unpaired) electrons. The summed E-state index contributed by atoms with van der Waals surface area (Å²) < 4.78 is 0. The highest BCUT2D eigenvalue weighted by Gasteiger charge is 2.16. The Balaban J connectivity index is 2.51. The highest BCUT2D eigenvalue weighted by Crippen LogP contribution is 2.32. The first-order valence-corrected chi connectivity index (χ1v) is 6.75. The molecule has 0 spiro atoms. The van der Waals surface area contributed by atoms with Crippen LogP contribution in [0.4, 0.5) is 0 Å². The van der Waals surface area contributed by atoms with E-state index in [4.69, 9.17) is 0 Å². The van der Waals surface area contributed by atoms with Crippen LogP contribution in [0.15, 0.2) is 84.5 Å². The van der Waals surface area contributed by atoms with Crippen molar-refractivity contribution in [1.29, 1.82) is 0 Å². The van der Waals surface area contributed by atoms with Crippen molar-refractivity contribution in [3.8, 4) is 0 Å². The molecular formula is C19H20. The Morgan fingerprint density at radius 2 is 1.26 bits per heavy atom. The first-order chi connectivity index (χ1) is 9.36. The van der Waals surface area contributed by atoms with Crippen molar-refractivity contribution >= 4 is 0 Å². The predicted octanol–water partition coefficient (Wildman–Crippen LogP) is 5.34. The summed E-state index contributed by atoms with van der Waals surface area (Å²) in [7, 11) is 0. The van der Waals surface area contributed by atoms with Gasteiger partial charge in [0.25, 0.3) is 0 Å². The van der Waals surface area contributed by atoms with E-state index in [-0.39, 0.29) is 0 Å². The van der Waals surface area contributed by atoms with Gasteiger partial charge >= 0.3 is 0 Å². The molecular weight excluding hydrogens is 228 g/mol. The van der Waals surface area contributed by atoms with E-state index in [0.29, 0.717) is 5.92 Å². The Hall–Kier alpha value is -2.08. The molecule has 0 N–H and O–H groups in total. The van der Waals surface area contributed by atoms with E-state index in [9.17, 15) is 0 Å². The van der Waals surface area contributed by atoms with Crippen molar-refractivity contribution < 1.29 is 0 Å². The molecule has 0 aliphatic rings. The van der Waals surface area contributed by atoms with Crippen LogP contribution >= 0.6 is 0 Å². The lowest BCUT2D eigenvalue weighted by Crippen LogP contribution is -2.03. The summed E-state index contributed by atoms with van der Waals surface area (Å²) in [5.74, 6) is 0.309. The minimum atomic E-state index is 0.309. The summed E-state index contributed by atoms with van der Waals surface area (Å²) in [5, 5.41) is 0. The predicted molar refractivity (Wildman–Crippen MR) is 83.3 cm³/mol. The van der Waals surface area contributed by atoms with Gasteiger partial charge in [-0.25, -0.2) is 0 Å². The Labute approximate surface area is 116 Å². The highest BCUT2D eigenvalue weighted by atomic mass is 14.2. The normalized spacial score (nSPS) is 12.3. The van der Waals surface area contributed by atoms with Gasteiger partial charge in [-0.05, 0) is 30.5 Å². The average molecular weight is 248 g/mol. The summed E-state index contributed by atoms with van der Waals surface area (Å²) in [6.45, 7) is 4.17. The molecule has 0 aliphatic heterocycles. The number of hydrogen-bond donors (Lipinski definition) is 0. The summed E-state index contributed by atoms with van der Waals surface area (Å²) in [6, 6.07) is 21.3. The Morgan fingerprint density at radius 3 is 1.63 bits per heavy atom. The summed E-state index contributed by atoms with van der Waals surface area (Å²) in [5.41, 5.74) is 4.00. The first kappa shape index (κ1) is 13.4.